The highest BCUT2D eigenvalue weighted by atomic mass is 14.8. The lowest BCUT2D eigenvalue weighted by atomic mass is 9.81. The first-order valence-corrected chi connectivity index (χ1v) is 20.2. The van der Waals surface area contributed by atoms with Crippen LogP contribution in [-0.2, 0) is 21.7 Å². The van der Waals surface area contributed by atoms with E-state index >= 15 is 0 Å². The van der Waals surface area contributed by atoms with Gasteiger partial charge < -0.3 is 9.97 Å². The van der Waals surface area contributed by atoms with Gasteiger partial charge in [-0.2, -0.15) is 0 Å². The average Bonchev–Trinajstić information content (AvgIpc) is 3.86. The molecular formula is C52H54N4. The molecule has 0 aliphatic carbocycles. The van der Waals surface area contributed by atoms with Crippen molar-refractivity contribution in [2.24, 2.45) is 0 Å². The van der Waals surface area contributed by atoms with Crippen molar-refractivity contribution in [2.45, 2.75) is 105 Å². The molecule has 2 aliphatic heterocycles. The van der Waals surface area contributed by atoms with Gasteiger partial charge in [-0.25, -0.2) is 9.97 Å². The molecule has 5 heterocycles. The van der Waals surface area contributed by atoms with Gasteiger partial charge in [-0.15, -0.1) is 0 Å². The van der Waals surface area contributed by atoms with Crippen LogP contribution in [0.3, 0.4) is 0 Å². The summed E-state index contributed by atoms with van der Waals surface area (Å²) < 4.78 is 0. The maximum atomic E-state index is 5.85. The van der Waals surface area contributed by atoms with Gasteiger partial charge in [-0.05, 0) is 21.7 Å². The van der Waals surface area contributed by atoms with Crippen molar-refractivity contribution < 1.29 is 0 Å². The van der Waals surface area contributed by atoms with Gasteiger partial charge in [0.2, 0.25) is 0 Å². The molecule has 4 aromatic carbocycles. The number of nitrogens with zero attached hydrogens (tertiary/aromatic N) is 2. The Morgan fingerprint density at radius 3 is 0.696 bits per heavy atom. The largest absolute Gasteiger partial charge is 0.354 e. The SMILES string of the molecule is CC(C)(C)c1c2nc(c(C(C)(C)C)c3[nH]c(c(C(C)(C)C)c4nc(c(C(C)(C)C)c5[nH]c1c1ccccc51)-c1ccccc1-4)c1ccccc31)-c1ccccc1-2. The molecule has 0 radical (unpaired) electrons. The van der Waals surface area contributed by atoms with Gasteiger partial charge in [0.25, 0.3) is 0 Å². The van der Waals surface area contributed by atoms with E-state index in [1.54, 1.807) is 0 Å². The van der Waals surface area contributed by atoms with Crippen LogP contribution in [0.4, 0.5) is 0 Å². The van der Waals surface area contributed by atoms with Crippen LogP contribution in [0.25, 0.3) is 88.6 Å². The summed E-state index contributed by atoms with van der Waals surface area (Å²) in [6.45, 7) is 27.9. The van der Waals surface area contributed by atoms with Gasteiger partial charge in [-0.3, -0.25) is 0 Å². The number of fused-ring (bicyclic) bond motifs is 20. The Balaban J connectivity index is 1.71. The van der Waals surface area contributed by atoms with Crippen LogP contribution in [0.15, 0.2) is 97.1 Å². The third-order valence-electron chi connectivity index (χ3n) is 11.7. The quantitative estimate of drug-likeness (QED) is 0.163. The minimum Gasteiger partial charge on any atom is -0.354 e. The van der Waals surface area contributed by atoms with Crippen LogP contribution >= 0.6 is 0 Å². The highest BCUT2D eigenvalue weighted by Crippen LogP contribution is 2.51. The molecule has 2 N–H and O–H groups in total. The van der Waals surface area contributed by atoms with Crippen molar-refractivity contribution in [1.82, 2.24) is 19.9 Å². The molecule has 0 saturated heterocycles. The number of hydrogen-bond donors (Lipinski definition) is 2. The summed E-state index contributed by atoms with van der Waals surface area (Å²) in [5, 5.41) is 4.80. The van der Waals surface area contributed by atoms with Gasteiger partial charge in [0.15, 0.2) is 0 Å². The van der Waals surface area contributed by atoms with E-state index in [1.165, 1.54) is 66.1 Å². The fraction of sp³-hybridized carbons (Fsp3) is 0.308. The maximum absolute atomic E-state index is 5.85. The molecule has 9 rings (SSSR count). The van der Waals surface area contributed by atoms with Crippen LogP contribution in [0.1, 0.15) is 105 Å². The third-order valence-corrected chi connectivity index (χ3v) is 11.7. The van der Waals surface area contributed by atoms with E-state index in [9.17, 15) is 0 Å². The van der Waals surface area contributed by atoms with Gasteiger partial charge in [0.1, 0.15) is 0 Å². The predicted molar refractivity (Wildman–Crippen MR) is 240 cm³/mol. The number of aromatic nitrogens is 4. The van der Waals surface area contributed by atoms with E-state index in [4.69, 9.17) is 9.97 Å². The van der Waals surface area contributed by atoms with E-state index in [0.29, 0.717) is 0 Å². The van der Waals surface area contributed by atoms with E-state index < -0.39 is 0 Å². The second kappa shape index (κ2) is 12.0. The number of rotatable bonds is 0. The number of nitrogens with one attached hydrogen (secondary N) is 2. The summed E-state index contributed by atoms with van der Waals surface area (Å²) in [7, 11) is 0. The first-order chi connectivity index (χ1) is 26.4. The predicted octanol–water partition coefficient (Wildman–Crippen LogP) is 14.5. The maximum Gasteiger partial charge on any atom is 0.0774 e. The highest BCUT2D eigenvalue weighted by Gasteiger charge is 2.35. The van der Waals surface area contributed by atoms with Gasteiger partial charge in [-0.1, -0.05) is 180 Å². The molecule has 0 spiro atoms. The summed E-state index contributed by atoms with van der Waals surface area (Å²) in [5.74, 6) is 0. The lowest BCUT2D eigenvalue weighted by molar-refractivity contribution is 0.591. The molecule has 2 aliphatic rings. The van der Waals surface area contributed by atoms with Crippen molar-refractivity contribution in [3.8, 4) is 45.0 Å². The van der Waals surface area contributed by atoms with Crippen LogP contribution in [0.5, 0.6) is 0 Å². The number of H-pyrrole nitrogens is 2. The molecule has 0 saturated carbocycles. The average molecular weight is 735 g/mol. The molecule has 3 aromatic heterocycles. The fourth-order valence-corrected chi connectivity index (χ4v) is 9.56. The molecular weight excluding hydrogens is 681 g/mol. The Bertz CT molecular complexity index is 2550. The second-order valence-corrected chi connectivity index (χ2v) is 20.1. The Kier molecular flexibility index (Phi) is 7.76. The Morgan fingerprint density at radius 1 is 0.304 bits per heavy atom. The molecule has 0 fully saturated rings. The summed E-state index contributed by atoms with van der Waals surface area (Å²) in [4.78, 5) is 20.0. The Hall–Kier alpha value is -5.48. The number of aromatic amines is 2. The zero-order valence-corrected chi connectivity index (χ0v) is 35.1. The second-order valence-electron chi connectivity index (χ2n) is 20.1. The van der Waals surface area contributed by atoms with Crippen molar-refractivity contribution in [1.29, 1.82) is 0 Å². The summed E-state index contributed by atoms with van der Waals surface area (Å²) in [6, 6.07) is 35.5. The lowest BCUT2D eigenvalue weighted by Crippen LogP contribution is -2.15. The molecule has 7 aromatic rings. The summed E-state index contributed by atoms with van der Waals surface area (Å²) >= 11 is 0. The number of hydrogen-bond acceptors (Lipinski definition) is 2. The van der Waals surface area contributed by atoms with E-state index in [-0.39, 0.29) is 21.7 Å². The van der Waals surface area contributed by atoms with Crippen molar-refractivity contribution >= 4 is 43.6 Å². The smallest absolute Gasteiger partial charge is 0.0774 e. The molecule has 0 unspecified atom stereocenters. The van der Waals surface area contributed by atoms with Gasteiger partial charge in [0, 0.05) is 66.1 Å². The molecule has 4 heteroatoms. The normalized spacial score (nSPS) is 13.4. The molecule has 8 bridgehead atoms. The van der Waals surface area contributed by atoms with Gasteiger partial charge >= 0.3 is 0 Å². The highest BCUT2D eigenvalue weighted by molar-refractivity contribution is 6.14. The van der Waals surface area contributed by atoms with Crippen LogP contribution < -0.4 is 0 Å². The van der Waals surface area contributed by atoms with Crippen molar-refractivity contribution in [3.63, 3.8) is 0 Å². The molecule has 282 valence electrons. The first kappa shape index (κ1) is 36.2. The van der Waals surface area contributed by atoms with E-state index in [0.717, 1.165) is 44.8 Å². The summed E-state index contributed by atoms with van der Waals surface area (Å²) in [5.41, 5.74) is 17.1. The zero-order chi connectivity index (χ0) is 39.7. The lowest BCUT2D eigenvalue weighted by Gasteiger charge is -2.22. The topological polar surface area (TPSA) is 57.4 Å². The van der Waals surface area contributed by atoms with E-state index in [1.807, 2.05) is 0 Å². The summed E-state index contributed by atoms with van der Waals surface area (Å²) in [6.07, 6.45) is 0. The minimum atomic E-state index is -0.261. The molecule has 4 nitrogen and oxygen atoms in total. The van der Waals surface area contributed by atoms with Crippen LogP contribution in [0.2, 0.25) is 0 Å². The molecule has 56 heavy (non-hydrogen) atoms. The first-order valence-electron chi connectivity index (χ1n) is 20.2. The fourth-order valence-electron chi connectivity index (χ4n) is 9.56. The Morgan fingerprint density at radius 2 is 0.500 bits per heavy atom. The van der Waals surface area contributed by atoms with Gasteiger partial charge in [0.05, 0.1) is 44.8 Å². The molecule has 0 atom stereocenters. The monoisotopic (exact) mass is 734 g/mol. The number of benzene rings is 4. The van der Waals surface area contributed by atoms with E-state index in [2.05, 4.69) is 190 Å². The van der Waals surface area contributed by atoms with Crippen LogP contribution in [-0.4, -0.2) is 19.9 Å². The zero-order valence-electron chi connectivity index (χ0n) is 35.1. The Labute approximate surface area is 331 Å². The van der Waals surface area contributed by atoms with Crippen molar-refractivity contribution in [3.05, 3.63) is 119 Å². The molecule has 0 amide bonds. The van der Waals surface area contributed by atoms with Crippen molar-refractivity contribution in [2.75, 3.05) is 0 Å². The standard InChI is InChI=1S/C52H54N4/c1-49(2,3)37-41-29-21-13-15-23-31(29)43(53-41)38(50(4,5)6)45-33-25-17-19-27-35(33)47(55-45)40(52(10,11)12)48-36-28-20-18-26-34(36)46(56-48)39(51(7,8)9)44-32-24-16-14-22-30(32)42(37)54-44/h13-28,53,56H,1-12H3. The van der Waals surface area contributed by atoms with Crippen LogP contribution in [0, 0.1) is 0 Å². The minimum absolute atomic E-state index is 0.261. The third kappa shape index (κ3) is 5.39.